The highest BCUT2D eigenvalue weighted by Gasteiger charge is 2.24. The molecule has 0 unspecified atom stereocenters. The fourth-order valence-electron chi connectivity index (χ4n) is 2.41. The van der Waals surface area contributed by atoms with Crippen LogP contribution in [0.5, 0.6) is 0 Å². The standard InChI is InChI=1S/C20H16ClF4NO3/c1-3-10-7-11(22)5-6-15(10)26-9-13(20(28)29-4-2)19(27)12-8-14(23)18(25)16(21)17(12)24/h5-9,27H,3-4H2,1-2H3. The summed E-state index contributed by atoms with van der Waals surface area (Å²) < 4.78 is 59.5. The van der Waals surface area contributed by atoms with Crippen LogP contribution < -0.4 is 0 Å². The molecule has 0 aliphatic rings. The van der Waals surface area contributed by atoms with Gasteiger partial charge in [-0.15, -0.1) is 0 Å². The van der Waals surface area contributed by atoms with Gasteiger partial charge in [-0.25, -0.2) is 22.4 Å². The lowest BCUT2D eigenvalue weighted by molar-refractivity contribution is -0.137. The van der Waals surface area contributed by atoms with Gasteiger partial charge in [0.15, 0.2) is 17.5 Å². The monoisotopic (exact) mass is 429 g/mol. The number of carbonyl (C=O) groups is 1. The highest BCUT2D eigenvalue weighted by atomic mass is 35.5. The summed E-state index contributed by atoms with van der Waals surface area (Å²) >= 11 is 5.40. The number of halogens is 5. The number of nitrogens with zero attached hydrogens (tertiary/aromatic N) is 1. The van der Waals surface area contributed by atoms with Crippen LogP contribution in [0.4, 0.5) is 23.2 Å². The predicted octanol–water partition coefficient (Wildman–Crippen LogP) is 5.69. The third-order valence-electron chi connectivity index (χ3n) is 3.86. The number of rotatable bonds is 6. The molecule has 0 amide bonds. The maximum Gasteiger partial charge on any atom is 0.343 e. The molecule has 1 N–H and O–H groups in total. The van der Waals surface area contributed by atoms with E-state index in [0.29, 0.717) is 18.1 Å². The van der Waals surface area contributed by atoms with Gasteiger partial charge in [-0.1, -0.05) is 18.5 Å². The van der Waals surface area contributed by atoms with Crippen molar-refractivity contribution in [3.8, 4) is 0 Å². The van der Waals surface area contributed by atoms with Gasteiger partial charge < -0.3 is 9.84 Å². The van der Waals surface area contributed by atoms with E-state index < -0.39 is 51.2 Å². The smallest absolute Gasteiger partial charge is 0.343 e. The van der Waals surface area contributed by atoms with Crippen molar-refractivity contribution in [1.82, 2.24) is 0 Å². The van der Waals surface area contributed by atoms with Crippen molar-refractivity contribution in [3.05, 3.63) is 69.3 Å². The van der Waals surface area contributed by atoms with Crippen LogP contribution in [0, 0.1) is 23.3 Å². The minimum atomic E-state index is -1.63. The molecule has 0 atom stereocenters. The minimum Gasteiger partial charge on any atom is -0.506 e. The maximum absolute atomic E-state index is 14.3. The first-order valence-corrected chi connectivity index (χ1v) is 8.85. The van der Waals surface area contributed by atoms with E-state index in [4.69, 9.17) is 16.3 Å². The lowest BCUT2D eigenvalue weighted by atomic mass is 10.1. The third-order valence-corrected chi connectivity index (χ3v) is 4.20. The van der Waals surface area contributed by atoms with Gasteiger partial charge in [0.25, 0.3) is 0 Å². The van der Waals surface area contributed by atoms with E-state index in [1.54, 1.807) is 6.92 Å². The molecule has 2 aromatic rings. The topological polar surface area (TPSA) is 58.9 Å². The van der Waals surface area contributed by atoms with Gasteiger partial charge in [0.1, 0.15) is 22.2 Å². The number of ether oxygens (including phenoxy) is 1. The Morgan fingerprint density at radius 2 is 1.86 bits per heavy atom. The number of carbonyl (C=O) groups excluding carboxylic acids is 1. The second-order valence-electron chi connectivity index (χ2n) is 5.72. The Bertz CT molecular complexity index is 1010. The number of aliphatic hydroxyl groups is 1. The van der Waals surface area contributed by atoms with E-state index >= 15 is 0 Å². The molecule has 0 aliphatic carbocycles. The van der Waals surface area contributed by atoms with Crippen molar-refractivity contribution >= 4 is 35.2 Å². The van der Waals surface area contributed by atoms with E-state index in [-0.39, 0.29) is 12.3 Å². The van der Waals surface area contributed by atoms with Crippen LogP contribution in [-0.2, 0) is 16.0 Å². The van der Waals surface area contributed by atoms with Gasteiger partial charge >= 0.3 is 5.97 Å². The van der Waals surface area contributed by atoms with E-state index in [1.807, 2.05) is 0 Å². The van der Waals surface area contributed by atoms with Crippen LogP contribution in [0.2, 0.25) is 5.02 Å². The Labute approximate surface area is 169 Å². The van der Waals surface area contributed by atoms with E-state index in [0.717, 1.165) is 12.3 Å². The van der Waals surface area contributed by atoms with Crippen molar-refractivity contribution in [2.45, 2.75) is 20.3 Å². The molecule has 2 aromatic carbocycles. The Balaban J connectivity index is 2.64. The molecule has 9 heteroatoms. The van der Waals surface area contributed by atoms with Gasteiger partial charge in [-0.2, -0.15) is 0 Å². The zero-order valence-corrected chi connectivity index (χ0v) is 16.2. The fraction of sp³-hybridized carbons (Fsp3) is 0.200. The zero-order chi connectivity index (χ0) is 21.7. The highest BCUT2D eigenvalue weighted by molar-refractivity contribution is 6.31. The van der Waals surface area contributed by atoms with Crippen LogP contribution in [-0.4, -0.2) is 23.9 Å². The molecule has 4 nitrogen and oxygen atoms in total. The second kappa shape index (κ2) is 9.56. The van der Waals surface area contributed by atoms with Crippen molar-refractivity contribution < 1.29 is 32.2 Å². The molecular formula is C20H16ClF4NO3. The Morgan fingerprint density at radius 1 is 1.17 bits per heavy atom. The number of aliphatic imine (C=N–C) groups is 1. The van der Waals surface area contributed by atoms with Gasteiger partial charge in [0, 0.05) is 6.21 Å². The van der Waals surface area contributed by atoms with Crippen molar-refractivity contribution in [2.75, 3.05) is 6.61 Å². The van der Waals surface area contributed by atoms with Crippen molar-refractivity contribution in [1.29, 1.82) is 0 Å². The fourth-order valence-corrected chi connectivity index (χ4v) is 2.60. The molecule has 0 saturated heterocycles. The average Bonchev–Trinajstić information content (AvgIpc) is 2.70. The summed E-state index contributed by atoms with van der Waals surface area (Å²) in [4.78, 5) is 16.2. The summed E-state index contributed by atoms with van der Waals surface area (Å²) in [6, 6.07) is 4.09. The molecule has 154 valence electrons. The minimum absolute atomic E-state index is 0.0821. The van der Waals surface area contributed by atoms with E-state index in [1.165, 1.54) is 19.1 Å². The summed E-state index contributed by atoms with van der Waals surface area (Å²) in [5.74, 6) is -7.24. The number of benzene rings is 2. The van der Waals surface area contributed by atoms with Crippen LogP contribution in [0.1, 0.15) is 25.0 Å². The molecule has 2 rings (SSSR count). The second-order valence-corrected chi connectivity index (χ2v) is 6.09. The van der Waals surface area contributed by atoms with Crippen LogP contribution in [0.3, 0.4) is 0 Å². The average molecular weight is 430 g/mol. The largest absolute Gasteiger partial charge is 0.506 e. The van der Waals surface area contributed by atoms with Crippen LogP contribution in [0.25, 0.3) is 5.76 Å². The van der Waals surface area contributed by atoms with Gasteiger partial charge in [-0.3, -0.25) is 4.99 Å². The molecule has 0 bridgehead atoms. The summed E-state index contributed by atoms with van der Waals surface area (Å²) in [6.07, 6.45) is 1.29. The molecule has 0 aromatic heterocycles. The van der Waals surface area contributed by atoms with Gasteiger partial charge in [0.05, 0.1) is 17.9 Å². The van der Waals surface area contributed by atoms with Crippen molar-refractivity contribution in [2.24, 2.45) is 4.99 Å². The first-order valence-electron chi connectivity index (χ1n) is 8.47. The van der Waals surface area contributed by atoms with E-state index in [9.17, 15) is 27.5 Å². The molecule has 0 fully saturated rings. The molecule has 0 saturated carbocycles. The van der Waals surface area contributed by atoms with Gasteiger partial charge in [0.2, 0.25) is 0 Å². The third kappa shape index (κ3) is 4.95. The number of hydrogen-bond acceptors (Lipinski definition) is 4. The molecule has 0 heterocycles. The molecule has 0 spiro atoms. The number of aliphatic hydroxyl groups excluding tert-OH is 1. The predicted molar refractivity (Wildman–Crippen MR) is 101 cm³/mol. The summed E-state index contributed by atoms with van der Waals surface area (Å²) in [5.41, 5.74) is -0.685. The summed E-state index contributed by atoms with van der Waals surface area (Å²) in [6.45, 7) is 3.17. The SMILES string of the molecule is CCOC(=O)C(C=Nc1ccc(F)cc1CC)=C(O)c1cc(F)c(F)c(Cl)c1F. The van der Waals surface area contributed by atoms with Crippen LogP contribution in [0.15, 0.2) is 34.8 Å². The first kappa shape index (κ1) is 22.4. The lowest BCUT2D eigenvalue weighted by Crippen LogP contribution is -2.12. The Kier molecular flexibility index (Phi) is 7.39. The first-order chi connectivity index (χ1) is 13.7. The molecular weight excluding hydrogens is 414 g/mol. The Morgan fingerprint density at radius 3 is 2.48 bits per heavy atom. The Hall–Kier alpha value is -2.87. The lowest BCUT2D eigenvalue weighted by Gasteiger charge is -2.10. The summed E-state index contributed by atoms with van der Waals surface area (Å²) in [7, 11) is 0. The highest BCUT2D eigenvalue weighted by Crippen LogP contribution is 2.30. The van der Waals surface area contributed by atoms with E-state index in [2.05, 4.69) is 4.99 Å². The van der Waals surface area contributed by atoms with Crippen LogP contribution >= 0.6 is 11.6 Å². The number of aryl methyl sites for hydroxylation is 1. The molecule has 29 heavy (non-hydrogen) atoms. The maximum atomic E-state index is 14.3. The quantitative estimate of drug-likeness (QED) is 0.122. The summed E-state index contributed by atoms with van der Waals surface area (Å²) in [5, 5.41) is 9.20. The van der Waals surface area contributed by atoms with Gasteiger partial charge in [-0.05, 0) is 43.2 Å². The molecule has 0 aliphatic heterocycles. The normalized spacial score (nSPS) is 12.2. The number of hydrogen-bond donors (Lipinski definition) is 1. The number of esters is 1. The zero-order valence-electron chi connectivity index (χ0n) is 15.4. The molecule has 0 radical (unpaired) electrons. The van der Waals surface area contributed by atoms with Crippen molar-refractivity contribution in [3.63, 3.8) is 0 Å².